The summed E-state index contributed by atoms with van der Waals surface area (Å²) in [5.74, 6) is 0. The Hall–Kier alpha value is -0.890. The number of rotatable bonds is 2. The molecule has 1 aromatic rings. The fourth-order valence-electron chi connectivity index (χ4n) is 0.756. The molecule has 0 saturated heterocycles. The maximum atomic E-state index is 10.9. The van der Waals surface area contributed by atoms with Crippen molar-refractivity contribution in [1.29, 1.82) is 0 Å². The van der Waals surface area contributed by atoms with Crippen LogP contribution in [0.4, 0.5) is 0 Å². The van der Waals surface area contributed by atoms with Crippen molar-refractivity contribution in [3.05, 3.63) is 29.6 Å². The van der Waals surface area contributed by atoms with E-state index in [1.54, 1.807) is 0 Å². The molecule has 0 amide bonds. The molecule has 0 aliphatic carbocycles. The van der Waals surface area contributed by atoms with E-state index < -0.39 is 10.2 Å². The van der Waals surface area contributed by atoms with Crippen molar-refractivity contribution >= 4 is 34.3 Å². The predicted molar refractivity (Wildman–Crippen MR) is 53.3 cm³/mol. The molecule has 0 atom stereocenters. The van der Waals surface area contributed by atoms with Gasteiger partial charge >= 0.3 is 0 Å². The lowest BCUT2D eigenvalue weighted by Crippen LogP contribution is -2.03. The number of hydrogen-bond donors (Lipinski definition) is 2. The Morgan fingerprint density at radius 2 is 1.50 bits per heavy atom. The molecule has 0 fully saturated rings. The van der Waals surface area contributed by atoms with Gasteiger partial charge in [0, 0.05) is 0 Å². The lowest BCUT2D eigenvalue weighted by atomic mass is 10.3. The molecule has 1 heterocycles. The molecule has 5 nitrogen and oxygen atoms in total. The van der Waals surface area contributed by atoms with Gasteiger partial charge in [-0.25, -0.2) is 4.98 Å². The summed E-state index contributed by atoms with van der Waals surface area (Å²) in [6.45, 7) is 0. The van der Waals surface area contributed by atoms with Crippen LogP contribution in [0.3, 0.4) is 0 Å². The quantitative estimate of drug-likeness (QED) is 0.750. The van der Waals surface area contributed by atoms with Gasteiger partial charge in [-0.05, 0) is 12.1 Å². The Balaban J connectivity index is 3.01. The van der Waals surface area contributed by atoms with Gasteiger partial charge in [0.25, 0.3) is 10.2 Å². The van der Waals surface area contributed by atoms with Crippen LogP contribution >= 0.6 is 24.1 Å². The van der Waals surface area contributed by atoms with E-state index in [9.17, 15) is 9.59 Å². The zero-order valence-electron chi connectivity index (χ0n) is 6.71. The normalized spacial score (nSPS) is 9.86. The second-order valence-electron chi connectivity index (χ2n) is 2.17. The summed E-state index contributed by atoms with van der Waals surface area (Å²) in [7, 11) is 0. The molecule has 0 bridgehead atoms. The van der Waals surface area contributed by atoms with Crippen LogP contribution in [-0.4, -0.2) is 24.3 Å². The van der Waals surface area contributed by atoms with E-state index in [0.717, 1.165) is 0 Å². The minimum Gasteiger partial charge on any atom is -0.323 e. The summed E-state index contributed by atoms with van der Waals surface area (Å²) in [6.07, 6.45) is 0. The van der Waals surface area contributed by atoms with E-state index in [0.29, 0.717) is 0 Å². The number of carbonyl (C=O) groups excluding carboxylic acids is 2. The molecule has 7 heteroatoms. The van der Waals surface area contributed by atoms with Gasteiger partial charge in [-0.3, -0.25) is 9.59 Å². The standard InChI is InChI=1S/C7H5NO4S2/c9-6(13-11)4-2-1-3-5(8-4)7(10)14-12/h1-3,11-12H. The van der Waals surface area contributed by atoms with Crippen LogP contribution in [0.5, 0.6) is 0 Å². The summed E-state index contributed by atoms with van der Waals surface area (Å²) in [6, 6.07) is 4.18. The first-order chi connectivity index (χ1) is 6.69. The molecule has 14 heavy (non-hydrogen) atoms. The second-order valence-corrected chi connectivity index (χ2v) is 3.27. The van der Waals surface area contributed by atoms with E-state index in [-0.39, 0.29) is 35.5 Å². The van der Waals surface area contributed by atoms with Crippen LogP contribution in [0.2, 0.25) is 0 Å². The molecule has 1 rings (SSSR count). The van der Waals surface area contributed by atoms with Gasteiger partial charge in [0.15, 0.2) is 0 Å². The van der Waals surface area contributed by atoms with Crippen LogP contribution < -0.4 is 0 Å². The van der Waals surface area contributed by atoms with Gasteiger partial charge in [0.05, 0.1) is 24.1 Å². The fraction of sp³-hybridized carbons (Fsp3) is 0. The van der Waals surface area contributed by atoms with Crippen molar-refractivity contribution in [2.75, 3.05) is 0 Å². The highest BCUT2D eigenvalue weighted by molar-refractivity contribution is 8.09. The summed E-state index contributed by atoms with van der Waals surface area (Å²) in [4.78, 5) is 25.5. The minimum atomic E-state index is -0.650. The van der Waals surface area contributed by atoms with Gasteiger partial charge in [-0.2, -0.15) is 0 Å². The number of nitrogens with zero attached hydrogens (tertiary/aromatic N) is 1. The molecular formula is C7H5NO4S2. The number of aromatic nitrogens is 1. The second kappa shape index (κ2) is 5.11. The predicted octanol–water partition coefficient (Wildman–Crippen LogP) is 1.77. The topological polar surface area (TPSA) is 87.5 Å². The van der Waals surface area contributed by atoms with Gasteiger partial charge < -0.3 is 9.11 Å². The van der Waals surface area contributed by atoms with Crippen LogP contribution in [0.15, 0.2) is 18.2 Å². The Bertz CT molecular complexity index is 337. The third-order valence-electron chi connectivity index (χ3n) is 1.33. The molecule has 0 saturated carbocycles. The highest BCUT2D eigenvalue weighted by atomic mass is 32.2. The number of hydrogen-bond acceptors (Lipinski definition) is 7. The highest BCUT2D eigenvalue weighted by Crippen LogP contribution is 2.10. The van der Waals surface area contributed by atoms with Gasteiger partial charge in [0.1, 0.15) is 11.4 Å². The van der Waals surface area contributed by atoms with E-state index in [2.05, 4.69) is 4.98 Å². The first-order valence-electron chi connectivity index (χ1n) is 3.37. The third kappa shape index (κ3) is 2.55. The number of carbonyl (C=O) groups is 2. The molecule has 1 aromatic heterocycles. The van der Waals surface area contributed by atoms with E-state index in [1.807, 2.05) is 0 Å². The Morgan fingerprint density at radius 1 is 1.07 bits per heavy atom. The summed E-state index contributed by atoms with van der Waals surface area (Å²) in [5.41, 5.74) is -0.0604. The molecule has 74 valence electrons. The molecule has 2 N–H and O–H groups in total. The maximum absolute atomic E-state index is 10.9. The Kier molecular flexibility index (Phi) is 4.08. The lowest BCUT2D eigenvalue weighted by molar-refractivity contribution is 0.107. The monoisotopic (exact) mass is 231 g/mol. The van der Waals surface area contributed by atoms with Crippen molar-refractivity contribution in [2.24, 2.45) is 0 Å². The highest BCUT2D eigenvalue weighted by Gasteiger charge is 2.12. The summed E-state index contributed by atoms with van der Waals surface area (Å²) >= 11 is 0.0478. The SMILES string of the molecule is O=C(SO)c1cccc(C(=O)SO)n1. The molecular weight excluding hydrogens is 226 g/mol. The number of pyridine rings is 1. The maximum Gasteiger partial charge on any atom is 0.264 e. The minimum absolute atomic E-state index is 0.0239. The summed E-state index contributed by atoms with van der Waals surface area (Å²) in [5, 5.41) is -1.30. The molecule has 0 spiro atoms. The van der Waals surface area contributed by atoms with Gasteiger partial charge in [-0.15, -0.1) is 0 Å². The lowest BCUT2D eigenvalue weighted by Gasteiger charge is -1.98. The van der Waals surface area contributed by atoms with Crippen LogP contribution in [0, 0.1) is 0 Å². The first kappa shape index (κ1) is 11.2. The average Bonchev–Trinajstić information content (AvgIpc) is 2.27. The Morgan fingerprint density at radius 3 is 1.86 bits per heavy atom. The van der Waals surface area contributed by atoms with Crippen LogP contribution in [0.25, 0.3) is 0 Å². The van der Waals surface area contributed by atoms with Crippen molar-refractivity contribution in [2.45, 2.75) is 0 Å². The fourth-order valence-corrected chi connectivity index (χ4v) is 1.17. The van der Waals surface area contributed by atoms with E-state index in [1.165, 1.54) is 18.2 Å². The Labute approximate surface area is 88.0 Å². The van der Waals surface area contributed by atoms with E-state index in [4.69, 9.17) is 9.11 Å². The van der Waals surface area contributed by atoms with Crippen molar-refractivity contribution in [3.63, 3.8) is 0 Å². The van der Waals surface area contributed by atoms with E-state index >= 15 is 0 Å². The smallest absolute Gasteiger partial charge is 0.264 e. The average molecular weight is 231 g/mol. The molecule has 0 aromatic carbocycles. The summed E-state index contributed by atoms with van der Waals surface area (Å²) < 4.78 is 16.9. The van der Waals surface area contributed by atoms with Crippen LogP contribution in [-0.2, 0) is 0 Å². The van der Waals surface area contributed by atoms with Crippen LogP contribution in [0.1, 0.15) is 21.0 Å². The molecule has 0 unspecified atom stereocenters. The van der Waals surface area contributed by atoms with Crippen molar-refractivity contribution in [3.8, 4) is 0 Å². The molecule has 0 aliphatic heterocycles. The zero-order valence-corrected chi connectivity index (χ0v) is 8.34. The molecule has 0 radical (unpaired) electrons. The van der Waals surface area contributed by atoms with Crippen molar-refractivity contribution in [1.82, 2.24) is 4.98 Å². The largest absolute Gasteiger partial charge is 0.323 e. The zero-order chi connectivity index (χ0) is 10.6. The van der Waals surface area contributed by atoms with Gasteiger partial charge in [0.2, 0.25) is 0 Å². The van der Waals surface area contributed by atoms with Gasteiger partial charge in [-0.1, -0.05) is 6.07 Å². The van der Waals surface area contributed by atoms with Crippen molar-refractivity contribution < 1.29 is 18.7 Å². The third-order valence-corrected chi connectivity index (χ3v) is 2.08. The first-order valence-corrected chi connectivity index (χ1v) is 4.92. The molecule has 0 aliphatic rings.